The van der Waals surface area contributed by atoms with E-state index in [1.54, 1.807) is 41.8 Å². The lowest BCUT2D eigenvalue weighted by atomic mass is 10.2. The lowest BCUT2D eigenvalue weighted by Crippen LogP contribution is -2.44. The molecule has 4 rings (SSSR count). The minimum atomic E-state index is -3.95. The van der Waals surface area contributed by atoms with Crippen LogP contribution in [0.3, 0.4) is 0 Å². The SMILES string of the molecule is O=C1CC(N(Cc2cccs2)S(=O)(=O)c2cccs2)C(=O)N1c1ccc(Cl)cc1. The van der Waals surface area contributed by atoms with Gasteiger partial charge in [-0.1, -0.05) is 23.7 Å². The van der Waals surface area contributed by atoms with Crippen LogP contribution < -0.4 is 4.90 Å². The molecule has 1 fully saturated rings. The van der Waals surface area contributed by atoms with Crippen molar-refractivity contribution in [2.24, 2.45) is 0 Å². The Labute approximate surface area is 181 Å². The van der Waals surface area contributed by atoms with Gasteiger partial charge in [-0.2, -0.15) is 4.31 Å². The smallest absolute Gasteiger partial charge is 0.253 e. The van der Waals surface area contributed by atoms with Crippen LogP contribution in [0, 0.1) is 0 Å². The van der Waals surface area contributed by atoms with E-state index in [0.29, 0.717) is 10.7 Å². The van der Waals surface area contributed by atoms with Gasteiger partial charge >= 0.3 is 0 Å². The molecule has 0 aliphatic carbocycles. The minimum Gasteiger partial charge on any atom is -0.274 e. The van der Waals surface area contributed by atoms with Crippen molar-refractivity contribution in [1.29, 1.82) is 0 Å². The first-order chi connectivity index (χ1) is 13.9. The topological polar surface area (TPSA) is 74.8 Å². The molecule has 2 aromatic heterocycles. The van der Waals surface area contributed by atoms with Crippen LogP contribution >= 0.6 is 34.3 Å². The molecule has 2 amide bonds. The molecule has 0 N–H and O–H groups in total. The number of amides is 2. The van der Waals surface area contributed by atoms with Gasteiger partial charge in [0.15, 0.2) is 0 Å². The van der Waals surface area contributed by atoms with E-state index in [2.05, 4.69) is 0 Å². The number of nitrogens with zero attached hydrogens (tertiary/aromatic N) is 2. The first-order valence-corrected chi connectivity index (χ1v) is 12.2. The summed E-state index contributed by atoms with van der Waals surface area (Å²) in [6, 6.07) is 12.0. The van der Waals surface area contributed by atoms with E-state index in [0.717, 1.165) is 25.4 Å². The van der Waals surface area contributed by atoms with E-state index in [-0.39, 0.29) is 17.2 Å². The average Bonchev–Trinajstić information content (AvgIpc) is 3.43. The van der Waals surface area contributed by atoms with Gasteiger partial charge in [0, 0.05) is 16.4 Å². The Bertz CT molecular complexity index is 1130. The maximum absolute atomic E-state index is 13.3. The first-order valence-electron chi connectivity index (χ1n) is 8.58. The Morgan fingerprint density at radius 1 is 1.03 bits per heavy atom. The van der Waals surface area contributed by atoms with E-state index in [9.17, 15) is 18.0 Å². The summed E-state index contributed by atoms with van der Waals surface area (Å²) in [4.78, 5) is 27.6. The van der Waals surface area contributed by atoms with Crippen LogP contribution in [0.25, 0.3) is 0 Å². The molecule has 1 unspecified atom stereocenters. The number of carbonyl (C=O) groups excluding carboxylic acids is 2. The molecular weight excluding hydrogens is 452 g/mol. The summed E-state index contributed by atoms with van der Waals surface area (Å²) in [6.45, 7) is 0.0239. The van der Waals surface area contributed by atoms with Crippen LogP contribution in [0.15, 0.2) is 63.5 Å². The molecule has 1 aliphatic heterocycles. The predicted octanol–water partition coefficient (Wildman–Crippen LogP) is 3.99. The van der Waals surface area contributed by atoms with Crippen molar-refractivity contribution in [2.45, 2.75) is 23.2 Å². The van der Waals surface area contributed by atoms with Gasteiger partial charge in [0.25, 0.3) is 15.9 Å². The number of hydrogen-bond acceptors (Lipinski definition) is 6. The third-order valence-electron chi connectivity index (χ3n) is 4.51. The second-order valence-electron chi connectivity index (χ2n) is 6.33. The largest absolute Gasteiger partial charge is 0.274 e. The van der Waals surface area contributed by atoms with E-state index in [1.165, 1.54) is 17.4 Å². The third-order valence-corrected chi connectivity index (χ3v) is 8.85. The Kier molecular flexibility index (Phi) is 5.58. The molecule has 150 valence electrons. The minimum absolute atomic E-state index is 0.0239. The van der Waals surface area contributed by atoms with Gasteiger partial charge in [-0.15, -0.1) is 22.7 Å². The summed E-state index contributed by atoms with van der Waals surface area (Å²) >= 11 is 8.37. The summed E-state index contributed by atoms with van der Waals surface area (Å²) in [5.74, 6) is -1.01. The highest BCUT2D eigenvalue weighted by atomic mass is 35.5. The summed E-state index contributed by atoms with van der Waals surface area (Å²) in [6.07, 6.45) is -0.211. The quantitative estimate of drug-likeness (QED) is 0.515. The molecule has 0 radical (unpaired) electrons. The van der Waals surface area contributed by atoms with E-state index >= 15 is 0 Å². The number of halogens is 1. The van der Waals surface area contributed by atoms with Crippen molar-refractivity contribution in [1.82, 2.24) is 4.31 Å². The molecule has 6 nitrogen and oxygen atoms in total. The molecule has 1 saturated heterocycles. The Morgan fingerprint density at radius 3 is 2.34 bits per heavy atom. The number of carbonyl (C=O) groups is 2. The lowest BCUT2D eigenvalue weighted by molar-refractivity contribution is -0.122. The molecule has 1 aliphatic rings. The second-order valence-corrected chi connectivity index (χ2v) is 10.9. The lowest BCUT2D eigenvalue weighted by Gasteiger charge is -2.25. The third kappa shape index (κ3) is 3.88. The van der Waals surface area contributed by atoms with E-state index in [4.69, 9.17) is 11.6 Å². The average molecular weight is 467 g/mol. The molecule has 10 heteroatoms. The van der Waals surface area contributed by atoms with Gasteiger partial charge in [0.05, 0.1) is 12.1 Å². The summed E-state index contributed by atoms with van der Waals surface area (Å²) in [5.41, 5.74) is 0.372. The van der Waals surface area contributed by atoms with Crippen LogP contribution in [0.5, 0.6) is 0 Å². The van der Waals surface area contributed by atoms with Crippen molar-refractivity contribution in [3.8, 4) is 0 Å². The molecule has 1 aromatic carbocycles. The number of rotatable bonds is 6. The molecule has 3 heterocycles. The number of hydrogen-bond donors (Lipinski definition) is 0. The Morgan fingerprint density at radius 2 is 1.72 bits per heavy atom. The van der Waals surface area contributed by atoms with Crippen LogP contribution in [0.1, 0.15) is 11.3 Å². The second kappa shape index (κ2) is 8.00. The maximum atomic E-state index is 13.3. The molecule has 1 atom stereocenters. The van der Waals surface area contributed by atoms with Gasteiger partial charge < -0.3 is 0 Å². The number of anilines is 1. The van der Waals surface area contributed by atoms with Gasteiger partial charge in [0.2, 0.25) is 5.91 Å². The van der Waals surface area contributed by atoms with E-state index in [1.807, 2.05) is 11.4 Å². The molecule has 3 aromatic rings. The molecular formula is C19H15ClN2O4S3. The fraction of sp³-hybridized carbons (Fsp3) is 0.158. The van der Waals surface area contributed by atoms with Crippen LogP contribution in [-0.2, 0) is 26.2 Å². The van der Waals surface area contributed by atoms with Crippen LogP contribution in [-0.4, -0.2) is 30.6 Å². The van der Waals surface area contributed by atoms with Crippen molar-refractivity contribution in [3.05, 3.63) is 69.2 Å². The normalized spacial score (nSPS) is 17.4. The van der Waals surface area contributed by atoms with E-state index < -0.39 is 27.9 Å². The summed E-state index contributed by atoms with van der Waals surface area (Å²) < 4.78 is 27.9. The molecule has 0 bridgehead atoms. The fourth-order valence-electron chi connectivity index (χ4n) is 3.15. The first kappa shape index (κ1) is 20.2. The molecule has 29 heavy (non-hydrogen) atoms. The van der Waals surface area contributed by atoms with Crippen LogP contribution in [0.2, 0.25) is 5.02 Å². The van der Waals surface area contributed by atoms with Gasteiger partial charge in [-0.05, 0) is 47.2 Å². The monoisotopic (exact) mass is 466 g/mol. The van der Waals surface area contributed by atoms with Crippen molar-refractivity contribution in [2.75, 3.05) is 4.90 Å². The zero-order valence-corrected chi connectivity index (χ0v) is 18.1. The van der Waals surface area contributed by atoms with Gasteiger partial charge in [-0.3, -0.25) is 9.59 Å². The standard InChI is InChI=1S/C19H15ClN2O4S3/c20-13-5-7-14(8-6-13)22-17(23)11-16(19(22)24)21(12-15-3-1-9-27-15)29(25,26)18-4-2-10-28-18/h1-10,16H,11-12H2. The zero-order valence-electron chi connectivity index (χ0n) is 14.9. The van der Waals surface area contributed by atoms with Crippen molar-refractivity contribution < 1.29 is 18.0 Å². The van der Waals surface area contributed by atoms with Crippen LogP contribution in [0.4, 0.5) is 5.69 Å². The maximum Gasteiger partial charge on any atom is 0.253 e. The number of benzene rings is 1. The highest BCUT2D eigenvalue weighted by Crippen LogP contribution is 2.32. The predicted molar refractivity (Wildman–Crippen MR) is 114 cm³/mol. The highest BCUT2D eigenvalue weighted by molar-refractivity contribution is 7.91. The number of imide groups is 1. The highest BCUT2D eigenvalue weighted by Gasteiger charge is 2.47. The number of thiophene rings is 2. The van der Waals surface area contributed by atoms with Gasteiger partial charge in [-0.25, -0.2) is 13.3 Å². The number of sulfonamides is 1. The van der Waals surface area contributed by atoms with Crippen molar-refractivity contribution in [3.63, 3.8) is 0 Å². The summed E-state index contributed by atoms with van der Waals surface area (Å²) in [7, 11) is -3.95. The zero-order chi connectivity index (χ0) is 20.6. The fourth-order valence-corrected chi connectivity index (χ4v) is 6.74. The van der Waals surface area contributed by atoms with Crippen molar-refractivity contribution >= 4 is 61.8 Å². The summed E-state index contributed by atoms with van der Waals surface area (Å²) in [5, 5.41) is 3.98. The van der Waals surface area contributed by atoms with Gasteiger partial charge in [0.1, 0.15) is 10.3 Å². The molecule has 0 saturated carbocycles. The Hall–Kier alpha value is -2.04. The molecule has 0 spiro atoms. The Balaban J connectivity index is 1.72.